The molecule has 1 unspecified atom stereocenters. The number of hydrogen-bond donors (Lipinski definition) is 1. The summed E-state index contributed by atoms with van der Waals surface area (Å²) in [7, 11) is 6.24. The summed E-state index contributed by atoms with van der Waals surface area (Å²) in [6.07, 6.45) is 3.38. The molecule has 0 bridgehead atoms. The van der Waals surface area contributed by atoms with Gasteiger partial charge in [0.05, 0.1) is 56.8 Å². The SMILES string of the molecule is C/C=C(/C(=O)NC(C)COC)c1nc(-c2cc(OC)c(OC)c(OC)c2)cnc1C. The highest BCUT2D eigenvalue weighted by molar-refractivity contribution is 6.19. The molecule has 1 N–H and O–H groups in total. The minimum atomic E-state index is -0.235. The Balaban J connectivity index is 2.50. The molecule has 0 radical (unpaired) electrons. The van der Waals surface area contributed by atoms with Crippen LogP contribution in [0.5, 0.6) is 17.2 Å². The van der Waals surface area contributed by atoms with Gasteiger partial charge in [0.25, 0.3) is 5.91 Å². The number of hydrogen-bond acceptors (Lipinski definition) is 7. The largest absolute Gasteiger partial charge is 0.493 e. The predicted octanol–water partition coefficient (Wildman–Crippen LogP) is 3.03. The van der Waals surface area contributed by atoms with Gasteiger partial charge in [-0.2, -0.15) is 0 Å². The number of nitrogens with zero attached hydrogens (tertiary/aromatic N) is 2. The molecule has 0 aliphatic rings. The minimum Gasteiger partial charge on any atom is -0.493 e. The number of rotatable bonds is 9. The number of methoxy groups -OCH3 is 4. The van der Waals surface area contributed by atoms with Gasteiger partial charge in [-0.1, -0.05) is 6.08 Å². The second-order valence-electron chi connectivity index (χ2n) is 6.64. The molecule has 162 valence electrons. The van der Waals surface area contributed by atoms with Crippen LogP contribution in [0.15, 0.2) is 24.4 Å². The average Bonchev–Trinajstić information content (AvgIpc) is 2.74. The van der Waals surface area contributed by atoms with Crippen molar-refractivity contribution in [3.05, 3.63) is 35.8 Å². The fourth-order valence-corrected chi connectivity index (χ4v) is 3.04. The highest BCUT2D eigenvalue weighted by Gasteiger charge is 2.20. The second kappa shape index (κ2) is 10.6. The number of allylic oxidation sites excluding steroid dienone is 1. The van der Waals surface area contributed by atoms with E-state index in [9.17, 15) is 4.79 Å². The van der Waals surface area contributed by atoms with Gasteiger partial charge in [0.1, 0.15) is 0 Å². The van der Waals surface area contributed by atoms with Crippen LogP contribution in [0, 0.1) is 6.92 Å². The molecule has 1 aromatic heterocycles. The Morgan fingerprint density at radius 1 is 1.13 bits per heavy atom. The lowest BCUT2D eigenvalue weighted by Crippen LogP contribution is -2.36. The van der Waals surface area contributed by atoms with Crippen molar-refractivity contribution < 1.29 is 23.7 Å². The number of aromatic nitrogens is 2. The highest BCUT2D eigenvalue weighted by atomic mass is 16.5. The summed E-state index contributed by atoms with van der Waals surface area (Å²) in [5.41, 5.74) is 2.89. The van der Waals surface area contributed by atoms with E-state index < -0.39 is 0 Å². The monoisotopic (exact) mass is 415 g/mol. The number of ether oxygens (including phenoxy) is 4. The van der Waals surface area contributed by atoms with Crippen LogP contribution < -0.4 is 19.5 Å². The summed E-state index contributed by atoms with van der Waals surface area (Å²) in [5.74, 6) is 1.27. The van der Waals surface area contributed by atoms with Gasteiger partial charge in [-0.15, -0.1) is 0 Å². The molecule has 2 aromatic rings. The van der Waals surface area contributed by atoms with Gasteiger partial charge in [0.2, 0.25) is 5.75 Å². The first-order valence-corrected chi connectivity index (χ1v) is 9.50. The number of carbonyl (C=O) groups is 1. The number of benzene rings is 1. The zero-order valence-corrected chi connectivity index (χ0v) is 18.5. The number of amides is 1. The third kappa shape index (κ3) is 5.07. The minimum absolute atomic E-state index is 0.135. The van der Waals surface area contributed by atoms with E-state index in [-0.39, 0.29) is 11.9 Å². The Bertz CT molecular complexity index is 902. The van der Waals surface area contributed by atoms with Gasteiger partial charge in [-0.3, -0.25) is 9.78 Å². The third-order valence-corrected chi connectivity index (χ3v) is 4.50. The van der Waals surface area contributed by atoms with E-state index in [4.69, 9.17) is 23.9 Å². The first kappa shape index (κ1) is 23.2. The van der Waals surface area contributed by atoms with Gasteiger partial charge in [0, 0.05) is 18.7 Å². The summed E-state index contributed by atoms with van der Waals surface area (Å²) in [6, 6.07) is 3.45. The third-order valence-electron chi connectivity index (χ3n) is 4.50. The van der Waals surface area contributed by atoms with Gasteiger partial charge in [0.15, 0.2) is 11.5 Å². The Morgan fingerprint density at radius 2 is 1.77 bits per heavy atom. The standard InChI is InChI=1S/C22H29N3O5/c1-8-16(22(26)24-13(2)12-27-4)20-14(3)23-11-17(25-20)15-9-18(28-5)21(30-7)19(10-15)29-6/h8-11,13H,12H2,1-7H3,(H,24,26)/b16-8+. The van der Waals surface area contributed by atoms with Crippen LogP contribution in [0.4, 0.5) is 0 Å². The Kier molecular flexibility index (Phi) is 8.17. The zero-order chi connectivity index (χ0) is 22.3. The van der Waals surface area contributed by atoms with Gasteiger partial charge in [-0.25, -0.2) is 4.98 Å². The first-order chi connectivity index (χ1) is 14.4. The molecule has 0 fully saturated rings. The van der Waals surface area contributed by atoms with Crippen LogP contribution in [0.3, 0.4) is 0 Å². The summed E-state index contributed by atoms with van der Waals surface area (Å²) in [5, 5.41) is 2.91. The molecule has 1 atom stereocenters. The maximum atomic E-state index is 12.8. The number of aryl methyl sites for hydroxylation is 1. The van der Waals surface area contributed by atoms with E-state index in [1.54, 1.807) is 59.8 Å². The Hall–Kier alpha value is -3.13. The van der Waals surface area contributed by atoms with Crippen LogP contribution in [0.2, 0.25) is 0 Å². The van der Waals surface area contributed by atoms with Crippen molar-refractivity contribution in [2.45, 2.75) is 26.8 Å². The summed E-state index contributed by atoms with van der Waals surface area (Å²) in [6.45, 7) is 5.90. The van der Waals surface area contributed by atoms with Crippen molar-refractivity contribution in [2.24, 2.45) is 0 Å². The summed E-state index contributed by atoms with van der Waals surface area (Å²) in [4.78, 5) is 22.0. The molecule has 2 rings (SSSR count). The number of nitrogens with one attached hydrogen (secondary N) is 1. The fraction of sp³-hybridized carbons (Fsp3) is 0.409. The molecule has 0 saturated carbocycles. The Labute approximate surface area is 177 Å². The van der Waals surface area contributed by atoms with Crippen LogP contribution in [-0.2, 0) is 9.53 Å². The second-order valence-corrected chi connectivity index (χ2v) is 6.64. The fourth-order valence-electron chi connectivity index (χ4n) is 3.04. The van der Waals surface area contributed by atoms with Gasteiger partial charge < -0.3 is 24.3 Å². The van der Waals surface area contributed by atoms with Crippen molar-refractivity contribution in [2.75, 3.05) is 35.0 Å². The van der Waals surface area contributed by atoms with Crippen LogP contribution in [-0.4, -0.2) is 57.0 Å². The normalized spacial score (nSPS) is 12.3. The van der Waals surface area contributed by atoms with Crippen molar-refractivity contribution in [1.82, 2.24) is 15.3 Å². The molecule has 30 heavy (non-hydrogen) atoms. The summed E-state index contributed by atoms with van der Waals surface area (Å²) >= 11 is 0. The van der Waals surface area contributed by atoms with Crippen LogP contribution >= 0.6 is 0 Å². The number of carbonyl (C=O) groups excluding carboxylic acids is 1. The van der Waals surface area contributed by atoms with Crippen molar-refractivity contribution in [3.63, 3.8) is 0 Å². The average molecular weight is 415 g/mol. The molecular formula is C22H29N3O5. The molecule has 8 heteroatoms. The van der Waals surface area contributed by atoms with E-state index in [1.165, 1.54) is 0 Å². The predicted molar refractivity (Wildman–Crippen MR) is 115 cm³/mol. The molecule has 0 aliphatic heterocycles. The van der Waals surface area contributed by atoms with Crippen LogP contribution in [0.1, 0.15) is 25.2 Å². The van der Waals surface area contributed by atoms with E-state index in [0.717, 1.165) is 5.56 Å². The van der Waals surface area contributed by atoms with Crippen LogP contribution in [0.25, 0.3) is 16.8 Å². The maximum absolute atomic E-state index is 12.8. The molecule has 0 saturated heterocycles. The van der Waals surface area contributed by atoms with E-state index in [0.29, 0.717) is 46.5 Å². The molecule has 0 spiro atoms. The molecule has 1 heterocycles. The molecule has 0 aliphatic carbocycles. The van der Waals surface area contributed by atoms with Crippen molar-refractivity contribution in [1.29, 1.82) is 0 Å². The van der Waals surface area contributed by atoms with E-state index >= 15 is 0 Å². The van der Waals surface area contributed by atoms with Crippen molar-refractivity contribution >= 4 is 11.5 Å². The van der Waals surface area contributed by atoms with Gasteiger partial charge in [-0.05, 0) is 32.9 Å². The molecular weight excluding hydrogens is 386 g/mol. The smallest absolute Gasteiger partial charge is 0.253 e. The highest BCUT2D eigenvalue weighted by Crippen LogP contribution is 2.40. The van der Waals surface area contributed by atoms with E-state index in [1.807, 2.05) is 13.8 Å². The van der Waals surface area contributed by atoms with Gasteiger partial charge >= 0.3 is 0 Å². The molecule has 8 nitrogen and oxygen atoms in total. The lowest BCUT2D eigenvalue weighted by molar-refractivity contribution is -0.116. The quantitative estimate of drug-likeness (QED) is 0.630. The maximum Gasteiger partial charge on any atom is 0.253 e. The summed E-state index contributed by atoms with van der Waals surface area (Å²) < 4.78 is 21.3. The topological polar surface area (TPSA) is 91.8 Å². The lowest BCUT2D eigenvalue weighted by Gasteiger charge is -2.16. The van der Waals surface area contributed by atoms with Crippen molar-refractivity contribution in [3.8, 4) is 28.5 Å². The lowest BCUT2D eigenvalue weighted by atomic mass is 10.1. The van der Waals surface area contributed by atoms with E-state index in [2.05, 4.69) is 10.3 Å². The molecule has 1 amide bonds. The zero-order valence-electron chi connectivity index (χ0n) is 18.5. The Morgan fingerprint density at radius 3 is 2.27 bits per heavy atom. The first-order valence-electron chi connectivity index (χ1n) is 9.50. The molecule has 1 aromatic carbocycles.